The van der Waals surface area contributed by atoms with Gasteiger partial charge in [0, 0.05) is 25.7 Å². The van der Waals surface area contributed by atoms with Crippen molar-refractivity contribution < 1.29 is 9.53 Å². The van der Waals surface area contributed by atoms with Gasteiger partial charge in [0.05, 0.1) is 19.8 Å². The van der Waals surface area contributed by atoms with E-state index in [1.165, 1.54) is 0 Å². The monoisotopic (exact) mass is 257 g/mol. The van der Waals surface area contributed by atoms with E-state index in [-0.39, 0.29) is 5.91 Å². The molecule has 1 saturated heterocycles. The number of carbonyl (C=O) groups excluding carboxylic acids is 1. The van der Waals surface area contributed by atoms with Crippen molar-refractivity contribution in [1.82, 2.24) is 15.1 Å². The lowest BCUT2D eigenvalue weighted by atomic mass is 10.0. The third-order valence-corrected chi connectivity index (χ3v) is 3.25. The maximum atomic E-state index is 12.0. The van der Waals surface area contributed by atoms with Crippen molar-refractivity contribution in [3.05, 3.63) is 0 Å². The summed E-state index contributed by atoms with van der Waals surface area (Å²) in [6, 6.07) is 0.352. The van der Waals surface area contributed by atoms with Gasteiger partial charge in [-0.2, -0.15) is 0 Å². The molecule has 0 radical (unpaired) electrons. The zero-order valence-corrected chi connectivity index (χ0v) is 12.1. The van der Waals surface area contributed by atoms with Gasteiger partial charge in [-0.15, -0.1) is 0 Å². The van der Waals surface area contributed by atoms with E-state index >= 15 is 0 Å². The van der Waals surface area contributed by atoms with Gasteiger partial charge in [-0.1, -0.05) is 13.8 Å². The van der Waals surface area contributed by atoms with Crippen LogP contribution < -0.4 is 5.32 Å². The summed E-state index contributed by atoms with van der Waals surface area (Å²) in [4.78, 5) is 16.0. The van der Waals surface area contributed by atoms with Gasteiger partial charge in [0.25, 0.3) is 0 Å². The fourth-order valence-corrected chi connectivity index (χ4v) is 2.05. The Hall–Kier alpha value is -0.650. The quantitative estimate of drug-likeness (QED) is 0.729. The van der Waals surface area contributed by atoms with Gasteiger partial charge in [-0.05, 0) is 20.0 Å². The zero-order chi connectivity index (χ0) is 13.5. The second-order valence-corrected chi connectivity index (χ2v) is 5.49. The van der Waals surface area contributed by atoms with E-state index in [1.54, 1.807) is 0 Å². The maximum Gasteiger partial charge on any atom is 0.236 e. The molecule has 0 saturated carbocycles. The molecule has 0 spiro atoms. The summed E-state index contributed by atoms with van der Waals surface area (Å²) in [5, 5.41) is 3.37. The van der Waals surface area contributed by atoms with Crippen LogP contribution in [0.2, 0.25) is 0 Å². The van der Waals surface area contributed by atoms with Crippen LogP contribution in [0, 0.1) is 5.92 Å². The Labute approximate surface area is 110 Å². The average molecular weight is 257 g/mol. The standard InChI is InChI=1S/C13H27N3O2/c1-11(2)12(10-15(3)4)14-9-13(17)16-5-7-18-8-6-16/h11-12,14H,5-10H2,1-4H3. The van der Waals surface area contributed by atoms with E-state index < -0.39 is 0 Å². The van der Waals surface area contributed by atoms with Crippen LogP contribution in [0.1, 0.15) is 13.8 Å². The van der Waals surface area contributed by atoms with Gasteiger partial charge >= 0.3 is 0 Å². The lowest BCUT2D eigenvalue weighted by Crippen LogP contribution is -2.49. The normalized spacial score (nSPS) is 18.4. The van der Waals surface area contributed by atoms with Gasteiger partial charge in [-0.3, -0.25) is 4.79 Å². The van der Waals surface area contributed by atoms with E-state index in [0.29, 0.717) is 31.7 Å². The SMILES string of the molecule is CC(C)C(CN(C)C)NCC(=O)N1CCOCC1. The van der Waals surface area contributed by atoms with Crippen LogP contribution in [-0.2, 0) is 9.53 Å². The third-order valence-electron chi connectivity index (χ3n) is 3.25. The average Bonchev–Trinajstić information content (AvgIpc) is 2.34. The number of carbonyl (C=O) groups is 1. The number of nitrogens with one attached hydrogen (secondary N) is 1. The highest BCUT2D eigenvalue weighted by molar-refractivity contribution is 5.78. The van der Waals surface area contributed by atoms with Crippen molar-refractivity contribution in [2.24, 2.45) is 5.92 Å². The molecule has 0 aromatic heterocycles. The fourth-order valence-electron chi connectivity index (χ4n) is 2.05. The number of nitrogens with zero attached hydrogens (tertiary/aromatic N) is 2. The highest BCUT2D eigenvalue weighted by Gasteiger charge is 2.19. The molecule has 1 amide bonds. The molecule has 5 nitrogen and oxygen atoms in total. The highest BCUT2D eigenvalue weighted by Crippen LogP contribution is 2.03. The summed E-state index contributed by atoms with van der Waals surface area (Å²) in [5.74, 6) is 0.701. The molecular formula is C13H27N3O2. The van der Waals surface area contributed by atoms with Crippen LogP contribution in [0.15, 0.2) is 0 Å². The summed E-state index contributed by atoms with van der Waals surface area (Å²) >= 11 is 0. The van der Waals surface area contributed by atoms with Crippen molar-refractivity contribution >= 4 is 5.91 Å². The van der Waals surface area contributed by atoms with Crippen molar-refractivity contribution in [3.8, 4) is 0 Å². The molecule has 18 heavy (non-hydrogen) atoms. The minimum atomic E-state index is 0.183. The molecular weight excluding hydrogens is 230 g/mol. The molecule has 1 aliphatic heterocycles. The van der Waals surface area contributed by atoms with Crippen molar-refractivity contribution in [2.75, 3.05) is 53.5 Å². The number of amides is 1. The Morgan fingerprint density at radius 3 is 2.44 bits per heavy atom. The van der Waals surface area contributed by atoms with Crippen molar-refractivity contribution in [3.63, 3.8) is 0 Å². The highest BCUT2D eigenvalue weighted by atomic mass is 16.5. The van der Waals surface area contributed by atoms with Crippen LogP contribution in [-0.4, -0.2) is 75.2 Å². The van der Waals surface area contributed by atoms with Crippen LogP contribution in [0.4, 0.5) is 0 Å². The third kappa shape index (κ3) is 5.33. The first-order valence-corrected chi connectivity index (χ1v) is 6.74. The first-order valence-electron chi connectivity index (χ1n) is 6.74. The van der Waals surface area contributed by atoms with E-state index in [1.807, 2.05) is 4.90 Å². The molecule has 0 bridgehead atoms. The van der Waals surface area contributed by atoms with E-state index in [9.17, 15) is 4.79 Å². The first-order chi connectivity index (χ1) is 8.50. The maximum absolute atomic E-state index is 12.0. The van der Waals surface area contributed by atoms with Gasteiger partial charge < -0.3 is 19.9 Å². The Balaban J connectivity index is 2.33. The largest absolute Gasteiger partial charge is 0.378 e. The predicted octanol–water partition coefficient (Wildman–Crippen LogP) is 0.0210. The minimum Gasteiger partial charge on any atom is -0.378 e. The van der Waals surface area contributed by atoms with Crippen LogP contribution >= 0.6 is 0 Å². The van der Waals surface area contributed by atoms with Gasteiger partial charge in [-0.25, -0.2) is 0 Å². The number of ether oxygens (including phenoxy) is 1. The fraction of sp³-hybridized carbons (Fsp3) is 0.923. The lowest BCUT2D eigenvalue weighted by molar-refractivity contribution is -0.134. The Morgan fingerprint density at radius 1 is 1.33 bits per heavy atom. The summed E-state index contributed by atoms with van der Waals surface area (Å²) < 4.78 is 5.25. The number of morpholine rings is 1. The zero-order valence-electron chi connectivity index (χ0n) is 12.1. The summed E-state index contributed by atoms with van der Waals surface area (Å²) in [6.45, 7) is 8.51. The Kier molecular flexibility index (Phi) is 6.60. The lowest BCUT2D eigenvalue weighted by Gasteiger charge is -2.29. The number of hydrogen-bond acceptors (Lipinski definition) is 4. The molecule has 1 rings (SSSR count). The minimum absolute atomic E-state index is 0.183. The first kappa shape index (κ1) is 15.4. The molecule has 5 heteroatoms. The van der Waals surface area contributed by atoms with Gasteiger partial charge in [0.15, 0.2) is 0 Å². The molecule has 1 heterocycles. The van der Waals surface area contributed by atoms with E-state index in [0.717, 1.165) is 19.6 Å². The molecule has 1 unspecified atom stereocenters. The number of rotatable bonds is 6. The summed E-state index contributed by atoms with van der Waals surface area (Å²) in [7, 11) is 4.11. The van der Waals surface area contributed by atoms with E-state index in [4.69, 9.17) is 4.74 Å². The smallest absolute Gasteiger partial charge is 0.236 e. The topological polar surface area (TPSA) is 44.8 Å². The Morgan fingerprint density at radius 2 is 1.94 bits per heavy atom. The molecule has 0 aliphatic carbocycles. The van der Waals surface area contributed by atoms with Crippen molar-refractivity contribution in [2.45, 2.75) is 19.9 Å². The summed E-state index contributed by atoms with van der Waals surface area (Å²) in [5.41, 5.74) is 0. The molecule has 0 aromatic rings. The molecule has 1 atom stereocenters. The van der Waals surface area contributed by atoms with Crippen LogP contribution in [0.3, 0.4) is 0 Å². The second kappa shape index (κ2) is 7.71. The predicted molar refractivity (Wildman–Crippen MR) is 72.6 cm³/mol. The van der Waals surface area contributed by atoms with Crippen LogP contribution in [0.5, 0.6) is 0 Å². The number of hydrogen-bond donors (Lipinski definition) is 1. The van der Waals surface area contributed by atoms with Gasteiger partial charge in [0.2, 0.25) is 5.91 Å². The van der Waals surface area contributed by atoms with Crippen molar-refractivity contribution in [1.29, 1.82) is 0 Å². The summed E-state index contributed by atoms with van der Waals surface area (Å²) in [6.07, 6.45) is 0. The second-order valence-electron chi connectivity index (χ2n) is 5.49. The molecule has 1 aliphatic rings. The van der Waals surface area contributed by atoms with E-state index in [2.05, 4.69) is 38.2 Å². The molecule has 1 fully saturated rings. The Bertz CT molecular complexity index is 251. The number of likely N-dealkylation sites (N-methyl/N-ethyl adjacent to an activating group) is 1. The van der Waals surface area contributed by atoms with Gasteiger partial charge in [0.1, 0.15) is 0 Å². The molecule has 1 N–H and O–H groups in total. The molecule has 106 valence electrons. The van der Waals surface area contributed by atoms with Crippen LogP contribution in [0.25, 0.3) is 0 Å². The molecule has 0 aromatic carbocycles.